The van der Waals surface area contributed by atoms with Crippen molar-refractivity contribution in [3.63, 3.8) is 0 Å². The minimum Gasteiger partial charge on any atom is -0.456 e. The SMILES string of the molecule is c1ccc(C2=NC(c3ccccc3)NC(c3cccc4oc5ccc(-c6ccc7c(c6)c6cc(-c8nc(-c9ccccc9)nc(-c9ccccc9)n8)ccc6n7-c6ccccc6)cc5c34)=N2)cc1. The molecule has 1 aliphatic heterocycles. The second-order valence-corrected chi connectivity index (χ2v) is 16.9. The summed E-state index contributed by atoms with van der Waals surface area (Å²) >= 11 is 0. The molecule has 68 heavy (non-hydrogen) atoms. The maximum Gasteiger partial charge on any atom is 0.164 e. The molecule has 1 unspecified atom stereocenters. The third-order valence-electron chi connectivity index (χ3n) is 12.7. The first-order valence-corrected chi connectivity index (χ1v) is 22.7. The minimum absolute atomic E-state index is 0.324. The molecule has 0 spiro atoms. The van der Waals surface area contributed by atoms with Crippen LogP contribution in [0.4, 0.5) is 0 Å². The van der Waals surface area contributed by atoms with Gasteiger partial charge in [0.05, 0.1) is 11.0 Å². The quantitative estimate of drug-likeness (QED) is 0.164. The lowest BCUT2D eigenvalue weighted by molar-refractivity contribution is 0.668. The third-order valence-corrected chi connectivity index (χ3v) is 12.7. The molecule has 8 heteroatoms. The highest BCUT2D eigenvalue weighted by Crippen LogP contribution is 2.40. The molecule has 0 saturated carbocycles. The normalized spacial score (nSPS) is 13.7. The Morgan fingerprint density at radius 2 is 0.926 bits per heavy atom. The van der Waals surface area contributed by atoms with Crippen LogP contribution in [-0.4, -0.2) is 31.2 Å². The van der Waals surface area contributed by atoms with Gasteiger partial charge in [-0.2, -0.15) is 0 Å². The predicted octanol–water partition coefficient (Wildman–Crippen LogP) is 14.0. The Hall–Kier alpha value is -9.27. The fourth-order valence-electron chi connectivity index (χ4n) is 9.45. The van der Waals surface area contributed by atoms with Crippen molar-refractivity contribution in [1.82, 2.24) is 24.8 Å². The van der Waals surface area contributed by atoms with Crippen LogP contribution >= 0.6 is 0 Å². The van der Waals surface area contributed by atoms with Crippen LogP contribution in [0, 0.1) is 0 Å². The molecular weight excluding hydrogens is 835 g/mol. The maximum absolute atomic E-state index is 6.57. The summed E-state index contributed by atoms with van der Waals surface area (Å²) < 4.78 is 8.91. The van der Waals surface area contributed by atoms with E-state index in [2.05, 4.69) is 125 Å². The number of furan rings is 1. The number of fused-ring (bicyclic) bond motifs is 6. The number of hydrogen-bond donors (Lipinski definition) is 1. The summed E-state index contributed by atoms with van der Waals surface area (Å²) in [6.45, 7) is 0. The highest BCUT2D eigenvalue weighted by Gasteiger charge is 2.24. The van der Waals surface area contributed by atoms with Gasteiger partial charge in [0, 0.05) is 55.0 Å². The Kier molecular flexibility index (Phi) is 9.38. The monoisotopic (exact) mass is 873 g/mol. The van der Waals surface area contributed by atoms with E-state index in [9.17, 15) is 0 Å². The lowest BCUT2D eigenvalue weighted by atomic mass is 9.98. The van der Waals surface area contributed by atoms with E-state index in [4.69, 9.17) is 29.4 Å². The van der Waals surface area contributed by atoms with Gasteiger partial charge in [-0.3, -0.25) is 0 Å². The Balaban J connectivity index is 0.965. The number of nitrogens with one attached hydrogen (secondary N) is 1. The summed E-state index contributed by atoms with van der Waals surface area (Å²) in [5.41, 5.74) is 12.7. The maximum atomic E-state index is 6.57. The standard InChI is InChI=1S/C60H39N7O/c1-6-17-38(18-7-1)55-61-56(39-19-8-2-9-20-39)64-59(63-55)44-30-33-51-48(37-44)47-35-42(29-32-50(47)67(51)45-25-14-5-15-26-45)43-31-34-52-49(36-43)54-46(27-16-28-53(54)68-52)60-65-57(40-21-10-3-11-22-40)62-58(66-60)41-23-12-4-13-24-41/h1-37,57H,(H,62,65,66). The van der Waals surface area contributed by atoms with Gasteiger partial charge in [-0.05, 0) is 77.4 Å². The van der Waals surface area contributed by atoms with Crippen LogP contribution in [0.25, 0.3) is 94.7 Å². The number of rotatable bonds is 8. The zero-order chi connectivity index (χ0) is 45.0. The third kappa shape index (κ3) is 6.91. The molecular formula is C60H39N7O. The van der Waals surface area contributed by atoms with Gasteiger partial charge in [0.15, 0.2) is 23.3 Å². The van der Waals surface area contributed by atoms with E-state index in [0.29, 0.717) is 23.3 Å². The lowest BCUT2D eigenvalue weighted by Gasteiger charge is -2.24. The first-order chi connectivity index (χ1) is 33.7. The molecule has 1 atom stereocenters. The van der Waals surface area contributed by atoms with Crippen molar-refractivity contribution in [3.05, 3.63) is 241 Å². The van der Waals surface area contributed by atoms with Crippen LogP contribution in [0.1, 0.15) is 22.9 Å². The number of amidine groups is 2. The summed E-state index contributed by atoms with van der Waals surface area (Å²) in [4.78, 5) is 25.4. The van der Waals surface area contributed by atoms with E-state index >= 15 is 0 Å². The zero-order valence-electron chi connectivity index (χ0n) is 36.5. The fourth-order valence-corrected chi connectivity index (χ4v) is 9.45. The van der Waals surface area contributed by atoms with Crippen molar-refractivity contribution in [3.8, 4) is 51.0 Å². The number of para-hydroxylation sites is 1. The Labute approximate surface area is 391 Å². The highest BCUT2D eigenvalue weighted by molar-refractivity contribution is 6.22. The zero-order valence-corrected chi connectivity index (χ0v) is 36.5. The second-order valence-electron chi connectivity index (χ2n) is 16.9. The van der Waals surface area contributed by atoms with E-state index in [1.807, 2.05) is 109 Å². The van der Waals surface area contributed by atoms with E-state index in [0.717, 1.165) is 99.8 Å². The first-order valence-electron chi connectivity index (χ1n) is 22.7. The van der Waals surface area contributed by atoms with Gasteiger partial charge in [0.25, 0.3) is 0 Å². The highest BCUT2D eigenvalue weighted by atomic mass is 16.3. The van der Waals surface area contributed by atoms with Gasteiger partial charge in [-0.25, -0.2) is 24.9 Å². The van der Waals surface area contributed by atoms with Crippen molar-refractivity contribution in [1.29, 1.82) is 0 Å². The number of aromatic nitrogens is 4. The molecule has 0 amide bonds. The predicted molar refractivity (Wildman–Crippen MR) is 275 cm³/mol. The largest absolute Gasteiger partial charge is 0.456 e. The number of nitrogens with zero attached hydrogens (tertiary/aromatic N) is 6. The average Bonchev–Trinajstić information content (AvgIpc) is 3.97. The molecule has 0 radical (unpaired) electrons. The average molecular weight is 874 g/mol. The molecule has 1 aliphatic rings. The van der Waals surface area contributed by atoms with Crippen LogP contribution in [0.15, 0.2) is 239 Å². The Morgan fingerprint density at radius 3 is 1.56 bits per heavy atom. The molecule has 3 aromatic heterocycles. The molecule has 0 bridgehead atoms. The van der Waals surface area contributed by atoms with Crippen molar-refractivity contribution < 1.29 is 4.42 Å². The second kappa shape index (κ2) is 16.3. The summed E-state index contributed by atoms with van der Waals surface area (Å²) in [6.07, 6.45) is -0.324. The van der Waals surface area contributed by atoms with Crippen molar-refractivity contribution >= 4 is 55.4 Å². The molecule has 4 heterocycles. The smallest absolute Gasteiger partial charge is 0.164 e. The molecule has 0 aliphatic carbocycles. The van der Waals surface area contributed by atoms with Gasteiger partial charge in [0.2, 0.25) is 0 Å². The van der Waals surface area contributed by atoms with Gasteiger partial charge >= 0.3 is 0 Å². The number of benzene rings is 9. The van der Waals surface area contributed by atoms with Crippen LogP contribution < -0.4 is 5.32 Å². The van der Waals surface area contributed by atoms with Crippen molar-refractivity contribution in [2.45, 2.75) is 6.17 Å². The Bertz CT molecular complexity index is 3860. The van der Waals surface area contributed by atoms with Gasteiger partial charge in [0.1, 0.15) is 23.2 Å². The van der Waals surface area contributed by atoms with Crippen molar-refractivity contribution in [2.24, 2.45) is 9.98 Å². The van der Waals surface area contributed by atoms with E-state index < -0.39 is 0 Å². The van der Waals surface area contributed by atoms with Crippen molar-refractivity contribution in [2.75, 3.05) is 0 Å². The number of hydrogen-bond acceptors (Lipinski definition) is 7. The van der Waals surface area contributed by atoms with E-state index in [-0.39, 0.29) is 6.17 Å². The van der Waals surface area contributed by atoms with E-state index in [1.165, 1.54) is 0 Å². The molecule has 8 nitrogen and oxygen atoms in total. The van der Waals surface area contributed by atoms with E-state index in [1.54, 1.807) is 0 Å². The van der Waals surface area contributed by atoms with Gasteiger partial charge in [-0.15, -0.1) is 0 Å². The Morgan fingerprint density at radius 1 is 0.412 bits per heavy atom. The van der Waals surface area contributed by atoms with Crippen LogP contribution in [0.2, 0.25) is 0 Å². The molecule has 0 saturated heterocycles. The summed E-state index contributed by atoms with van der Waals surface area (Å²) in [5, 5.41) is 7.88. The molecule has 13 rings (SSSR count). The summed E-state index contributed by atoms with van der Waals surface area (Å²) in [6, 6.07) is 77.2. The lowest BCUT2D eigenvalue weighted by Crippen LogP contribution is -2.33. The topological polar surface area (TPSA) is 93.5 Å². The molecule has 0 fully saturated rings. The summed E-state index contributed by atoms with van der Waals surface area (Å²) in [5.74, 6) is 3.27. The molecule has 9 aromatic carbocycles. The van der Waals surface area contributed by atoms with Gasteiger partial charge in [-0.1, -0.05) is 164 Å². The minimum atomic E-state index is -0.324. The fraction of sp³-hybridized carbons (Fsp3) is 0.0167. The molecule has 320 valence electrons. The van der Waals surface area contributed by atoms with Gasteiger partial charge < -0.3 is 14.3 Å². The van der Waals surface area contributed by atoms with Crippen LogP contribution in [0.3, 0.4) is 0 Å². The van der Waals surface area contributed by atoms with Crippen LogP contribution in [0.5, 0.6) is 0 Å². The first kappa shape index (κ1) is 39.1. The molecule has 1 N–H and O–H groups in total. The van der Waals surface area contributed by atoms with Crippen LogP contribution in [-0.2, 0) is 0 Å². The summed E-state index contributed by atoms with van der Waals surface area (Å²) in [7, 11) is 0. The molecule has 12 aromatic rings. The number of aliphatic imine (C=N–C) groups is 2.